The Morgan fingerprint density at radius 1 is 1.41 bits per heavy atom. The largest absolute Gasteiger partial charge is 0.370 e. The summed E-state index contributed by atoms with van der Waals surface area (Å²) in [7, 11) is 0. The third-order valence-electron chi connectivity index (χ3n) is 2.28. The van der Waals surface area contributed by atoms with Gasteiger partial charge < -0.3 is 11.1 Å². The van der Waals surface area contributed by atoms with E-state index < -0.39 is 0 Å². The van der Waals surface area contributed by atoms with Gasteiger partial charge in [0.05, 0.1) is 0 Å². The topological polar surface area (TPSA) is 50.4 Å². The molecule has 0 aromatic heterocycles. The molecule has 0 saturated heterocycles. The number of aliphatic imine (C=N–C) groups is 1. The highest BCUT2D eigenvalue weighted by atomic mass is 35.5. The Morgan fingerprint density at radius 3 is 2.76 bits per heavy atom. The second-order valence-electron chi connectivity index (χ2n) is 4.26. The number of hydrogen-bond acceptors (Lipinski definition) is 1. The van der Waals surface area contributed by atoms with Crippen molar-refractivity contribution in [3.8, 4) is 0 Å². The zero-order valence-corrected chi connectivity index (χ0v) is 11.2. The third kappa shape index (κ3) is 5.59. The zero-order chi connectivity index (χ0) is 12.7. The molecule has 0 fully saturated rings. The fourth-order valence-corrected chi connectivity index (χ4v) is 1.74. The van der Waals surface area contributed by atoms with Gasteiger partial charge in [-0.1, -0.05) is 29.8 Å². The zero-order valence-electron chi connectivity index (χ0n) is 10.4. The summed E-state index contributed by atoms with van der Waals surface area (Å²) in [6, 6.07) is 8.21. The van der Waals surface area contributed by atoms with Crippen LogP contribution in [0.15, 0.2) is 29.3 Å². The van der Waals surface area contributed by atoms with Crippen LogP contribution in [0.1, 0.15) is 25.8 Å². The van der Waals surface area contributed by atoms with Crippen LogP contribution in [0.25, 0.3) is 0 Å². The Bertz CT molecular complexity index is 375. The maximum absolute atomic E-state index is 6.06. The lowest BCUT2D eigenvalue weighted by molar-refractivity contribution is 0.719. The molecular weight excluding hydrogens is 234 g/mol. The molecule has 94 valence electrons. The van der Waals surface area contributed by atoms with Crippen molar-refractivity contribution in [2.24, 2.45) is 10.7 Å². The molecule has 0 atom stereocenters. The van der Waals surface area contributed by atoms with Crippen molar-refractivity contribution >= 4 is 17.6 Å². The van der Waals surface area contributed by atoms with Gasteiger partial charge in [-0.15, -0.1) is 0 Å². The summed E-state index contributed by atoms with van der Waals surface area (Å²) in [5.41, 5.74) is 6.86. The molecule has 0 aliphatic rings. The van der Waals surface area contributed by atoms with Gasteiger partial charge >= 0.3 is 0 Å². The molecule has 0 unspecified atom stereocenters. The molecule has 0 amide bonds. The summed E-state index contributed by atoms with van der Waals surface area (Å²) in [5.74, 6) is 0.513. The molecule has 0 aliphatic heterocycles. The first-order chi connectivity index (χ1) is 8.09. The van der Waals surface area contributed by atoms with Crippen LogP contribution in [0.4, 0.5) is 0 Å². The SMILES string of the molecule is CC(C)NC(N)=NCCCc1ccccc1Cl. The second kappa shape index (κ2) is 7.17. The van der Waals surface area contributed by atoms with Gasteiger partial charge in [0.1, 0.15) is 0 Å². The monoisotopic (exact) mass is 253 g/mol. The van der Waals surface area contributed by atoms with E-state index in [1.54, 1.807) is 0 Å². The summed E-state index contributed by atoms with van der Waals surface area (Å²) in [5, 5.41) is 3.88. The molecule has 0 spiro atoms. The smallest absolute Gasteiger partial charge is 0.188 e. The Morgan fingerprint density at radius 2 is 2.12 bits per heavy atom. The van der Waals surface area contributed by atoms with Crippen molar-refractivity contribution in [1.82, 2.24) is 5.32 Å². The Labute approximate surface area is 108 Å². The van der Waals surface area contributed by atoms with Gasteiger partial charge in [-0.25, -0.2) is 0 Å². The van der Waals surface area contributed by atoms with Crippen LogP contribution in [-0.2, 0) is 6.42 Å². The average molecular weight is 254 g/mol. The first-order valence-corrected chi connectivity index (χ1v) is 6.27. The van der Waals surface area contributed by atoms with Crippen molar-refractivity contribution in [1.29, 1.82) is 0 Å². The van der Waals surface area contributed by atoms with Crippen LogP contribution in [0, 0.1) is 0 Å². The number of nitrogens with two attached hydrogens (primary N) is 1. The van der Waals surface area contributed by atoms with Gasteiger partial charge in [0.15, 0.2) is 5.96 Å². The predicted octanol–water partition coefficient (Wildman–Crippen LogP) is 2.59. The fraction of sp³-hybridized carbons (Fsp3) is 0.462. The number of aryl methyl sites for hydroxylation is 1. The Balaban J connectivity index is 2.31. The highest BCUT2D eigenvalue weighted by molar-refractivity contribution is 6.31. The van der Waals surface area contributed by atoms with Gasteiger partial charge in [-0.05, 0) is 38.3 Å². The molecule has 4 heteroatoms. The summed E-state index contributed by atoms with van der Waals surface area (Å²) >= 11 is 6.06. The van der Waals surface area contributed by atoms with E-state index >= 15 is 0 Å². The van der Waals surface area contributed by atoms with Crippen LogP contribution >= 0.6 is 11.6 Å². The first kappa shape index (κ1) is 13.8. The molecule has 17 heavy (non-hydrogen) atoms. The van der Waals surface area contributed by atoms with Crippen molar-refractivity contribution in [3.63, 3.8) is 0 Å². The van der Waals surface area contributed by atoms with E-state index in [4.69, 9.17) is 17.3 Å². The number of rotatable bonds is 5. The lowest BCUT2D eigenvalue weighted by atomic mass is 10.1. The molecule has 0 aliphatic carbocycles. The van der Waals surface area contributed by atoms with Gasteiger partial charge in [-0.3, -0.25) is 4.99 Å². The highest BCUT2D eigenvalue weighted by Crippen LogP contribution is 2.16. The molecule has 3 nitrogen and oxygen atoms in total. The third-order valence-corrected chi connectivity index (χ3v) is 2.65. The van der Waals surface area contributed by atoms with Crippen molar-refractivity contribution < 1.29 is 0 Å². The number of nitrogens with zero attached hydrogens (tertiary/aromatic N) is 1. The van der Waals surface area contributed by atoms with Gasteiger partial charge in [-0.2, -0.15) is 0 Å². The number of nitrogens with one attached hydrogen (secondary N) is 1. The van der Waals surface area contributed by atoms with Crippen molar-refractivity contribution in [3.05, 3.63) is 34.9 Å². The van der Waals surface area contributed by atoms with E-state index in [9.17, 15) is 0 Å². The van der Waals surface area contributed by atoms with Gasteiger partial charge in [0.2, 0.25) is 0 Å². The van der Waals surface area contributed by atoms with Crippen LogP contribution < -0.4 is 11.1 Å². The lowest BCUT2D eigenvalue weighted by Crippen LogP contribution is -2.36. The minimum absolute atomic E-state index is 0.322. The second-order valence-corrected chi connectivity index (χ2v) is 4.67. The summed E-state index contributed by atoms with van der Waals surface area (Å²) in [4.78, 5) is 4.25. The number of benzene rings is 1. The molecule has 0 heterocycles. The predicted molar refractivity (Wildman–Crippen MR) is 74.5 cm³/mol. The molecule has 0 saturated carbocycles. The summed E-state index contributed by atoms with van der Waals surface area (Å²) in [6.45, 7) is 4.79. The maximum atomic E-state index is 6.06. The average Bonchev–Trinajstić information content (AvgIpc) is 2.25. The Hall–Kier alpha value is -1.22. The van der Waals surface area contributed by atoms with Crippen molar-refractivity contribution in [2.75, 3.05) is 6.54 Å². The van der Waals surface area contributed by atoms with Crippen LogP contribution in [0.2, 0.25) is 5.02 Å². The summed E-state index contributed by atoms with van der Waals surface area (Å²) < 4.78 is 0. The molecule has 1 aromatic carbocycles. The highest BCUT2D eigenvalue weighted by Gasteiger charge is 1.98. The van der Waals surface area contributed by atoms with Crippen molar-refractivity contribution in [2.45, 2.75) is 32.7 Å². The maximum Gasteiger partial charge on any atom is 0.188 e. The summed E-state index contributed by atoms with van der Waals surface area (Å²) in [6.07, 6.45) is 1.88. The molecule has 1 rings (SSSR count). The number of hydrogen-bond donors (Lipinski definition) is 2. The molecule has 0 radical (unpaired) electrons. The minimum atomic E-state index is 0.322. The normalized spacial score (nSPS) is 11.9. The fourth-order valence-electron chi connectivity index (χ4n) is 1.51. The van der Waals surface area contributed by atoms with E-state index in [0.29, 0.717) is 12.0 Å². The molecular formula is C13H20ClN3. The van der Waals surface area contributed by atoms with E-state index in [1.165, 1.54) is 5.56 Å². The van der Waals surface area contributed by atoms with Crippen LogP contribution in [-0.4, -0.2) is 18.5 Å². The van der Waals surface area contributed by atoms with E-state index in [-0.39, 0.29) is 0 Å². The lowest BCUT2D eigenvalue weighted by Gasteiger charge is -2.08. The molecule has 0 bridgehead atoms. The number of halogens is 1. The number of guanidine groups is 1. The molecule has 1 aromatic rings. The van der Waals surface area contributed by atoms with E-state index in [1.807, 2.05) is 38.1 Å². The van der Waals surface area contributed by atoms with Crippen LogP contribution in [0.5, 0.6) is 0 Å². The van der Waals surface area contributed by atoms with E-state index in [2.05, 4.69) is 10.3 Å². The molecule has 3 N–H and O–H groups in total. The quantitative estimate of drug-likeness (QED) is 0.481. The van der Waals surface area contributed by atoms with Gasteiger partial charge in [0, 0.05) is 17.6 Å². The minimum Gasteiger partial charge on any atom is -0.370 e. The first-order valence-electron chi connectivity index (χ1n) is 5.89. The van der Waals surface area contributed by atoms with E-state index in [0.717, 1.165) is 24.4 Å². The van der Waals surface area contributed by atoms with Crippen LogP contribution in [0.3, 0.4) is 0 Å². The van der Waals surface area contributed by atoms with Gasteiger partial charge in [0.25, 0.3) is 0 Å². The standard InChI is InChI=1S/C13H20ClN3/c1-10(2)17-13(15)16-9-5-7-11-6-3-4-8-12(11)14/h3-4,6,8,10H,5,7,9H2,1-2H3,(H3,15,16,17). The Kier molecular flexibility index (Phi) is 5.84.